The third-order valence-corrected chi connectivity index (χ3v) is 6.02. The van der Waals surface area contributed by atoms with E-state index < -0.39 is 6.04 Å². The number of halogens is 1. The van der Waals surface area contributed by atoms with Gasteiger partial charge in [-0.15, -0.1) is 0 Å². The molecule has 1 N–H and O–H groups in total. The van der Waals surface area contributed by atoms with Crippen molar-refractivity contribution >= 4 is 45.9 Å². The monoisotopic (exact) mass is 397 g/mol. The Balaban J connectivity index is 1.63. The molecule has 0 bridgehead atoms. The van der Waals surface area contributed by atoms with Gasteiger partial charge in [-0.25, -0.2) is 4.99 Å². The predicted octanol–water partition coefficient (Wildman–Crippen LogP) is 5.39. The number of benzene rings is 3. The zero-order chi connectivity index (χ0) is 19.5. The van der Waals surface area contributed by atoms with Crippen LogP contribution in [0.1, 0.15) is 17.2 Å². The van der Waals surface area contributed by atoms with Crippen molar-refractivity contribution in [1.29, 1.82) is 0 Å². The first kappa shape index (κ1) is 16.6. The molecule has 6 rings (SSSR count). The van der Waals surface area contributed by atoms with Crippen molar-refractivity contribution < 1.29 is 4.79 Å². The molecule has 0 aromatic heterocycles. The number of carbonyl (C=O) groups excluding carboxylic acids is 1. The van der Waals surface area contributed by atoms with Gasteiger partial charge in [0, 0.05) is 16.2 Å². The van der Waals surface area contributed by atoms with Crippen molar-refractivity contribution in [2.24, 2.45) is 4.99 Å². The number of nitrogens with zero attached hydrogens (tertiary/aromatic N) is 2. The molecule has 3 aromatic rings. The second kappa shape index (κ2) is 6.06. The van der Waals surface area contributed by atoms with Gasteiger partial charge in [-0.05, 0) is 42.0 Å². The molecule has 5 heteroatoms. The summed E-state index contributed by atoms with van der Waals surface area (Å²) in [6.07, 6.45) is 2.04. The fraction of sp³-hybridized carbons (Fsp3) is 0.0833. The number of rotatable bonds is 1. The molecule has 3 heterocycles. The molecule has 1 unspecified atom stereocenters. The SMILES string of the molecule is O=C1Nc2ccccc2N2C(c3ccc(Cl)cc3)C3=Nc4ccccc4C3=C[C@@H]12. The number of anilines is 2. The summed E-state index contributed by atoms with van der Waals surface area (Å²) in [4.78, 5) is 20.2. The van der Waals surface area contributed by atoms with Crippen molar-refractivity contribution in [3.05, 3.63) is 95.0 Å². The number of aliphatic imine (C=N–C) groups is 1. The van der Waals surface area contributed by atoms with Crippen LogP contribution in [0.15, 0.2) is 83.9 Å². The van der Waals surface area contributed by atoms with E-state index in [0.717, 1.165) is 39.5 Å². The third kappa shape index (κ3) is 2.39. The van der Waals surface area contributed by atoms with Crippen LogP contribution in [-0.2, 0) is 4.79 Å². The second-order valence-electron chi connectivity index (χ2n) is 7.41. The standard InChI is InChI=1S/C24H16ClN3O/c25-15-11-9-14(10-12-15)23-22-17(16-5-1-2-6-18(16)26-22)13-21-24(29)27-19-7-3-4-8-20(19)28(21)23/h1-13,21,23H,(H,27,29)/t21-,23?/m0/s1. The Bertz CT molecular complexity index is 1230. The minimum absolute atomic E-state index is 0.0291. The first-order valence-corrected chi connectivity index (χ1v) is 9.92. The van der Waals surface area contributed by atoms with Gasteiger partial charge in [0.05, 0.1) is 28.8 Å². The maximum atomic E-state index is 13.1. The average molecular weight is 398 g/mol. The Kier molecular flexibility index (Phi) is 3.46. The minimum Gasteiger partial charge on any atom is -0.342 e. The molecule has 3 aliphatic heterocycles. The number of nitrogens with one attached hydrogen (secondary N) is 1. The molecule has 140 valence electrons. The van der Waals surface area contributed by atoms with Crippen LogP contribution < -0.4 is 10.2 Å². The molecule has 0 fully saturated rings. The highest BCUT2D eigenvalue weighted by atomic mass is 35.5. The van der Waals surface area contributed by atoms with Gasteiger partial charge in [0.25, 0.3) is 5.91 Å². The van der Waals surface area contributed by atoms with Crippen LogP contribution >= 0.6 is 11.6 Å². The van der Waals surface area contributed by atoms with E-state index >= 15 is 0 Å². The summed E-state index contributed by atoms with van der Waals surface area (Å²) in [6.45, 7) is 0. The smallest absolute Gasteiger partial charge is 0.251 e. The first-order valence-electron chi connectivity index (χ1n) is 9.54. The van der Waals surface area contributed by atoms with Crippen molar-refractivity contribution in [3.63, 3.8) is 0 Å². The van der Waals surface area contributed by atoms with Crippen LogP contribution in [0.5, 0.6) is 0 Å². The van der Waals surface area contributed by atoms with E-state index in [1.165, 1.54) is 0 Å². The van der Waals surface area contributed by atoms with Crippen molar-refractivity contribution in [2.75, 3.05) is 10.2 Å². The van der Waals surface area contributed by atoms with E-state index in [2.05, 4.69) is 16.3 Å². The number of hydrogen-bond donors (Lipinski definition) is 1. The second-order valence-corrected chi connectivity index (χ2v) is 7.84. The zero-order valence-electron chi connectivity index (χ0n) is 15.3. The van der Waals surface area contributed by atoms with Crippen LogP contribution in [0.3, 0.4) is 0 Å². The van der Waals surface area contributed by atoms with Gasteiger partial charge in [-0.3, -0.25) is 4.79 Å². The maximum Gasteiger partial charge on any atom is 0.251 e. The highest BCUT2D eigenvalue weighted by Crippen LogP contribution is 2.48. The summed E-state index contributed by atoms with van der Waals surface area (Å²) in [6, 6.07) is 23.2. The van der Waals surface area contributed by atoms with E-state index in [4.69, 9.17) is 16.6 Å². The van der Waals surface area contributed by atoms with Crippen LogP contribution in [0.2, 0.25) is 5.02 Å². The number of para-hydroxylation sites is 3. The van der Waals surface area contributed by atoms with Gasteiger partial charge in [0.2, 0.25) is 0 Å². The van der Waals surface area contributed by atoms with E-state index in [0.29, 0.717) is 5.02 Å². The third-order valence-electron chi connectivity index (χ3n) is 5.77. The highest BCUT2D eigenvalue weighted by Gasteiger charge is 2.45. The average Bonchev–Trinajstić information content (AvgIpc) is 3.12. The molecular formula is C24H16ClN3O. The molecule has 29 heavy (non-hydrogen) atoms. The van der Waals surface area contributed by atoms with Gasteiger partial charge in [0.1, 0.15) is 6.04 Å². The Morgan fingerprint density at radius 3 is 2.55 bits per heavy atom. The molecule has 0 aliphatic carbocycles. The number of hydrogen-bond acceptors (Lipinski definition) is 3. The van der Waals surface area contributed by atoms with E-state index in [1.807, 2.05) is 72.8 Å². The Hall–Kier alpha value is -3.37. The fourth-order valence-corrected chi connectivity index (χ4v) is 4.63. The quantitative estimate of drug-likeness (QED) is 0.598. The maximum absolute atomic E-state index is 13.1. The Morgan fingerprint density at radius 2 is 1.69 bits per heavy atom. The van der Waals surface area contributed by atoms with Crippen LogP contribution in [0.4, 0.5) is 17.1 Å². The zero-order valence-corrected chi connectivity index (χ0v) is 16.1. The van der Waals surface area contributed by atoms with Gasteiger partial charge in [-0.1, -0.05) is 54.1 Å². The Labute approximate surface area is 173 Å². The molecule has 0 spiro atoms. The molecule has 3 aromatic carbocycles. The van der Waals surface area contributed by atoms with Crippen molar-refractivity contribution in [2.45, 2.75) is 12.1 Å². The predicted molar refractivity (Wildman–Crippen MR) is 117 cm³/mol. The lowest BCUT2D eigenvalue weighted by Gasteiger charge is -2.45. The molecule has 0 saturated carbocycles. The largest absolute Gasteiger partial charge is 0.342 e. The van der Waals surface area contributed by atoms with Crippen molar-refractivity contribution in [3.8, 4) is 0 Å². The fourth-order valence-electron chi connectivity index (χ4n) is 4.51. The lowest BCUT2D eigenvalue weighted by molar-refractivity contribution is -0.116. The van der Waals surface area contributed by atoms with Crippen LogP contribution in [0, 0.1) is 0 Å². The van der Waals surface area contributed by atoms with Crippen LogP contribution in [-0.4, -0.2) is 17.7 Å². The number of fused-ring (bicyclic) bond motifs is 6. The number of amides is 1. The summed E-state index contributed by atoms with van der Waals surface area (Å²) >= 11 is 6.16. The summed E-state index contributed by atoms with van der Waals surface area (Å²) in [5.74, 6) is -0.0291. The molecule has 0 radical (unpaired) electrons. The lowest BCUT2D eigenvalue weighted by atomic mass is 9.85. The molecule has 0 saturated heterocycles. The minimum atomic E-state index is -0.411. The summed E-state index contributed by atoms with van der Waals surface area (Å²) in [5.41, 5.74) is 6.90. The first-order chi connectivity index (χ1) is 14.2. The number of carbonyl (C=O) groups is 1. The molecule has 3 aliphatic rings. The molecule has 4 nitrogen and oxygen atoms in total. The summed E-state index contributed by atoms with van der Waals surface area (Å²) in [5, 5.41) is 3.74. The topological polar surface area (TPSA) is 44.7 Å². The summed E-state index contributed by atoms with van der Waals surface area (Å²) < 4.78 is 0. The normalized spacial score (nSPS) is 21.3. The van der Waals surface area contributed by atoms with Gasteiger partial charge >= 0.3 is 0 Å². The van der Waals surface area contributed by atoms with E-state index in [1.54, 1.807) is 0 Å². The van der Waals surface area contributed by atoms with Gasteiger partial charge in [0.15, 0.2) is 0 Å². The van der Waals surface area contributed by atoms with Crippen molar-refractivity contribution in [1.82, 2.24) is 0 Å². The molecule has 1 amide bonds. The van der Waals surface area contributed by atoms with E-state index in [-0.39, 0.29) is 11.9 Å². The summed E-state index contributed by atoms with van der Waals surface area (Å²) in [7, 11) is 0. The highest BCUT2D eigenvalue weighted by molar-refractivity contribution is 6.34. The molecule has 2 atom stereocenters. The van der Waals surface area contributed by atoms with E-state index in [9.17, 15) is 4.79 Å². The molecular weight excluding hydrogens is 382 g/mol. The Morgan fingerprint density at radius 1 is 0.931 bits per heavy atom. The van der Waals surface area contributed by atoms with Crippen LogP contribution in [0.25, 0.3) is 5.57 Å². The van der Waals surface area contributed by atoms with Gasteiger partial charge < -0.3 is 10.2 Å². The lowest BCUT2D eigenvalue weighted by Crippen LogP contribution is -2.53. The van der Waals surface area contributed by atoms with Gasteiger partial charge in [-0.2, -0.15) is 0 Å².